The van der Waals surface area contributed by atoms with Gasteiger partial charge in [0.25, 0.3) is 0 Å². The van der Waals surface area contributed by atoms with E-state index in [1.54, 1.807) is 16.8 Å². The second-order valence-corrected chi connectivity index (χ2v) is 8.57. The number of nitrogens with zero attached hydrogens (tertiary/aromatic N) is 2. The van der Waals surface area contributed by atoms with Crippen molar-refractivity contribution in [3.8, 4) is 0 Å². The van der Waals surface area contributed by atoms with Gasteiger partial charge in [-0.3, -0.25) is 4.79 Å². The first kappa shape index (κ1) is 19.9. The van der Waals surface area contributed by atoms with E-state index < -0.39 is 4.87 Å². The zero-order valence-corrected chi connectivity index (χ0v) is 17.1. The van der Waals surface area contributed by atoms with Crippen LogP contribution in [0.15, 0.2) is 59.7 Å². The summed E-state index contributed by atoms with van der Waals surface area (Å²) in [4.78, 5) is 12.5. The average Bonchev–Trinajstić information content (AvgIpc) is 3.07. The molecule has 0 aromatic heterocycles. The molecule has 2 aromatic rings. The molecule has 0 spiro atoms. The summed E-state index contributed by atoms with van der Waals surface area (Å²) in [6.45, 7) is 4.36. The first-order chi connectivity index (χ1) is 13.0. The zero-order valence-electron chi connectivity index (χ0n) is 15.6. The molecule has 1 unspecified atom stereocenters. The third-order valence-corrected chi connectivity index (χ3v) is 6.21. The number of carbonyl (C=O) groups excluding carboxylic acids is 1. The summed E-state index contributed by atoms with van der Waals surface area (Å²) in [5, 5.41) is 7.89. The number of nitrogens with two attached hydrogens (primary N) is 1. The highest BCUT2D eigenvalue weighted by molar-refractivity contribution is 8.15. The molecule has 142 valence electrons. The van der Waals surface area contributed by atoms with Crippen LogP contribution in [0.1, 0.15) is 37.8 Å². The van der Waals surface area contributed by atoms with Gasteiger partial charge in [0.2, 0.25) is 5.91 Å². The number of benzene rings is 2. The minimum atomic E-state index is -0.598. The monoisotopic (exact) mass is 401 g/mol. The van der Waals surface area contributed by atoms with Crippen LogP contribution in [0.5, 0.6) is 0 Å². The van der Waals surface area contributed by atoms with Gasteiger partial charge in [-0.15, -0.1) is 0 Å². The molecular formula is C21H24ClN3OS. The normalized spacial score (nSPS) is 19.4. The molecule has 0 radical (unpaired) electrons. The Hall–Kier alpha value is -1.82. The lowest BCUT2D eigenvalue weighted by Gasteiger charge is -2.36. The number of thioether (sulfide) groups is 1. The highest BCUT2D eigenvalue weighted by Gasteiger charge is 2.48. The van der Waals surface area contributed by atoms with Gasteiger partial charge in [0.05, 0.1) is 0 Å². The molecule has 2 aromatic carbocycles. The maximum Gasteiger partial charge on any atom is 0.246 e. The first-order valence-corrected chi connectivity index (χ1v) is 10.3. The number of hydrogen-bond donors (Lipinski definition) is 1. The molecule has 1 heterocycles. The van der Waals surface area contributed by atoms with Crippen LogP contribution in [-0.4, -0.2) is 22.5 Å². The van der Waals surface area contributed by atoms with Gasteiger partial charge in [-0.2, -0.15) is 5.10 Å². The number of hydrazone groups is 1. The maximum absolute atomic E-state index is 13.1. The maximum atomic E-state index is 13.1. The smallest absolute Gasteiger partial charge is 0.246 e. The van der Waals surface area contributed by atoms with E-state index >= 15 is 0 Å². The van der Waals surface area contributed by atoms with Crippen LogP contribution in [0, 0.1) is 5.92 Å². The first-order valence-electron chi connectivity index (χ1n) is 9.11. The van der Waals surface area contributed by atoms with Crippen molar-refractivity contribution in [2.45, 2.75) is 31.6 Å². The molecular weight excluding hydrogens is 378 g/mol. The Bertz CT molecular complexity index is 840. The van der Waals surface area contributed by atoms with Crippen molar-refractivity contribution in [2.24, 2.45) is 16.8 Å². The van der Waals surface area contributed by atoms with Gasteiger partial charge in [0.15, 0.2) is 0 Å². The molecule has 1 amide bonds. The van der Waals surface area contributed by atoms with Gasteiger partial charge in [-0.05, 0) is 37.1 Å². The van der Waals surface area contributed by atoms with Gasteiger partial charge < -0.3 is 5.73 Å². The quantitative estimate of drug-likeness (QED) is 0.754. The van der Waals surface area contributed by atoms with Crippen molar-refractivity contribution in [1.29, 1.82) is 0 Å². The second-order valence-electron chi connectivity index (χ2n) is 6.86. The molecule has 0 saturated carbocycles. The minimum absolute atomic E-state index is 0.000373. The largest absolute Gasteiger partial charge is 0.330 e. The number of hydrogen-bond acceptors (Lipinski definition) is 4. The fourth-order valence-electron chi connectivity index (χ4n) is 3.13. The van der Waals surface area contributed by atoms with E-state index in [-0.39, 0.29) is 11.8 Å². The van der Waals surface area contributed by atoms with E-state index in [0.717, 1.165) is 29.0 Å². The Morgan fingerprint density at radius 2 is 1.96 bits per heavy atom. The molecule has 0 aliphatic carbocycles. The molecule has 0 saturated heterocycles. The van der Waals surface area contributed by atoms with Gasteiger partial charge in [0, 0.05) is 16.5 Å². The number of rotatable bonds is 6. The molecule has 1 aliphatic heterocycles. The second kappa shape index (κ2) is 8.46. The lowest BCUT2D eigenvalue weighted by Crippen LogP contribution is -2.43. The highest BCUT2D eigenvalue weighted by Crippen LogP contribution is 2.50. The van der Waals surface area contributed by atoms with Crippen molar-refractivity contribution in [1.82, 2.24) is 5.01 Å². The van der Waals surface area contributed by atoms with Gasteiger partial charge in [-0.1, -0.05) is 79.7 Å². The topological polar surface area (TPSA) is 58.7 Å². The lowest BCUT2D eigenvalue weighted by molar-refractivity contribution is -0.138. The highest BCUT2D eigenvalue weighted by atomic mass is 35.5. The Balaban J connectivity index is 2.11. The van der Waals surface area contributed by atoms with Gasteiger partial charge >= 0.3 is 0 Å². The molecule has 4 nitrogen and oxygen atoms in total. The predicted molar refractivity (Wildman–Crippen MR) is 114 cm³/mol. The number of amides is 1. The standard InChI is InChI=1S/C21H24ClN3OS/c1-15(2)20(26)25-21(12-7-13-23,17-9-4-3-5-10-17)27-19(24-25)16-8-6-11-18(22)14-16/h3-6,8-11,14-15H,7,12-13,23H2,1-2H3. The number of carbonyl (C=O) groups is 1. The molecule has 3 rings (SSSR count). The number of halogens is 1. The van der Waals surface area contributed by atoms with Crippen LogP contribution in [0.2, 0.25) is 5.02 Å². The summed E-state index contributed by atoms with van der Waals surface area (Å²) in [6, 6.07) is 17.7. The van der Waals surface area contributed by atoms with E-state index in [4.69, 9.17) is 22.4 Å². The summed E-state index contributed by atoms with van der Waals surface area (Å²) in [5.41, 5.74) is 7.79. The summed E-state index contributed by atoms with van der Waals surface area (Å²) < 4.78 is 0. The molecule has 1 aliphatic rings. The molecule has 1 atom stereocenters. The van der Waals surface area contributed by atoms with Crippen LogP contribution >= 0.6 is 23.4 Å². The summed E-state index contributed by atoms with van der Waals surface area (Å²) in [6.07, 6.45) is 1.52. The molecule has 27 heavy (non-hydrogen) atoms. The van der Waals surface area contributed by atoms with E-state index in [1.807, 2.05) is 56.3 Å². The van der Waals surface area contributed by atoms with E-state index in [1.165, 1.54) is 0 Å². The van der Waals surface area contributed by atoms with Crippen molar-refractivity contribution >= 4 is 34.3 Å². The van der Waals surface area contributed by atoms with E-state index in [9.17, 15) is 4.79 Å². The van der Waals surface area contributed by atoms with Crippen LogP contribution in [0.3, 0.4) is 0 Å². The summed E-state index contributed by atoms with van der Waals surface area (Å²) >= 11 is 7.79. The third-order valence-electron chi connectivity index (χ3n) is 4.52. The third kappa shape index (κ3) is 4.05. The Morgan fingerprint density at radius 3 is 2.59 bits per heavy atom. The van der Waals surface area contributed by atoms with Gasteiger partial charge in [0.1, 0.15) is 9.91 Å². The Labute approximate surface area is 169 Å². The van der Waals surface area contributed by atoms with Crippen molar-refractivity contribution in [2.75, 3.05) is 6.54 Å². The van der Waals surface area contributed by atoms with Crippen molar-refractivity contribution in [3.63, 3.8) is 0 Å². The van der Waals surface area contributed by atoms with Crippen LogP contribution in [0.4, 0.5) is 0 Å². The fraction of sp³-hybridized carbons (Fsp3) is 0.333. The van der Waals surface area contributed by atoms with Gasteiger partial charge in [-0.25, -0.2) is 5.01 Å². The molecule has 2 N–H and O–H groups in total. The van der Waals surface area contributed by atoms with Crippen LogP contribution in [-0.2, 0) is 9.67 Å². The lowest BCUT2D eigenvalue weighted by atomic mass is 9.99. The predicted octanol–water partition coefficient (Wildman–Crippen LogP) is 4.82. The molecule has 6 heteroatoms. The average molecular weight is 402 g/mol. The van der Waals surface area contributed by atoms with E-state index in [2.05, 4.69) is 12.1 Å². The van der Waals surface area contributed by atoms with Crippen molar-refractivity contribution in [3.05, 3.63) is 70.7 Å². The summed E-state index contributed by atoms with van der Waals surface area (Å²) in [5.74, 6) is -0.158. The molecule has 0 bridgehead atoms. The van der Waals surface area contributed by atoms with Crippen molar-refractivity contribution < 1.29 is 4.79 Å². The van der Waals surface area contributed by atoms with Crippen LogP contribution < -0.4 is 5.73 Å². The summed E-state index contributed by atoms with van der Waals surface area (Å²) in [7, 11) is 0. The SMILES string of the molecule is CC(C)C(=O)N1N=C(c2cccc(Cl)c2)SC1(CCCN)c1ccccc1. The Morgan fingerprint density at radius 1 is 1.22 bits per heavy atom. The zero-order chi connectivity index (χ0) is 19.4. The Kier molecular flexibility index (Phi) is 6.25. The fourth-order valence-corrected chi connectivity index (χ4v) is 4.72. The minimum Gasteiger partial charge on any atom is -0.330 e. The van der Waals surface area contributed by atoms with E-state index in [0.29, 0.717) is 11.6 Å². The molecule has 0 fully saturated rings. The van der Waals surface area contributed by atoms with Crippen LogP contribution in [0.25, 0.3) is 0 Å².